The van der Waals surface area contributed by atoms with Gasteiger partial charge in [-0.2, -0.15) is 5.21 Å². The van der Waals surface area contributed by atoms with E-state index in [9.17, 15) is 4.79 Å². The van der Waals surface area contributed by atoms with Gasteiger partial charge < -0.3 is 4.90 Å². The molecule has 1 saturated carbocycles. The monoisotopic (exact) mass is 341 g/mol. The topological polar surface area (TPSA) is 74.8 Å². The molecule has 0 bridgehead atoms. The number of halogens is 1. The summed E-state index contributed by atoms with van der Waals surface area (Å²) in [4.78, 5) is 15.2. The molecule has 1 aliphatic rings. The minimum Gasteiger partial charge on any atom is -0.340 e. The summed E-state index contributed by atoms with van der Waals surface area (Å²) in [5, 5.41) is 15.8. The summed E-state index contributed by atoms with van der Waals surface area (Å²) in [7, 11) is 1.83. The molecule has 1 amide bonds. The lowest BCUT2D eigenvalue weighted by molar-refractivity contribution is -0.131. The molecule has 2 aromatic heterocycles. The third-order valence-corrected chi connectivity index (χ3v) is 4.87. The number of amides is 1. The average Bonchev–Trinajstić information content (AvgIpc) is 2.81. The lowest BCUT2D eigenvalue weighted by Crippen LogP contribution is -2.27. The van der Waals surface area contributed by atoms with Gasteiger partial charge in [-0.3, -0.25) is 4.79 Å². The fraction of sp³-hybridized carbons (Fsp3) is 0.455. The summed E-state index contributed by atoms with van der Waals surface area (Å²) >= 11 is 5.06. The molecule has 1 N–H and O–H groups in total. The van der Waals surface area contributed by atoms with Gasteiger partial charge in [-0.05, 0) is 28.4 Å². The van der Waals surface area contributed by atoms with E-state index in [1.165, 1.54) is 4.88 Å². The first-order valence-electron chi connectivity index (χ1n) is 5.86. The summed E-state index contributed by atoms with van der Waals surface area (Å²) in [6.45, 7) is 0.643. The standard InChI is InChI=1S/C11H12BrN5OS/c1-17(4-7-2-6(12)5-19-7)11(18)9-3-8(9)10-13-15-16-14-10/h2,5,8-9H,3-4H2,1H3,(H,13,14,15,16)/t8-,9-/m1/s1. The maximum Gasteiger partial charge on any atom is 0.226 e. The Balaban J connectivity index is 1.59. The van der Waals surface area contributed by atoms with Crippen molar-refractivity contribution in [3.8, 4) is 0 Å². The molecule has 2 heterocycles. The lowest BCUT2D eigenvalue weighted by atomic mass is 10.2. The van der Waals surface area contributed by atoms with Crippen LogP contribution in [0.5, 0.6) is 0 Å². The van der Waals surface area contributed by atoms with Crippen molar-refractivity contribution in [1.29, 1.82) is 0 Å². The van der Waals surface area contributed by atoms with Crippen LogP contribution in [-0.2, 0) is 11.3 Å². The van der Waals surface area contributed by atoms with E-state index >= 15 is 0 Å². The van der Waals surface area contributed by atoms with Gasteiger partial charge in [0.1, 0.15) is 0 Å². The number of hydrogen-bond acceptors (Lipinski definition) is 5. The molecule has 3 rings (SSSR count). The van der Waals surface area contributed by atoms with Crippen LogP contribution in [0.2, 0.25) is 0 Å². The van der Waals surface area contributed by atoms with Crippen molar-refractivity contribution in [1.82, 2.24) is 25.5 Å². The highest BCUT2D eigenvalue weighted by Gasteiger charge is 2.47. The number of aromatic nitrogens is 4. The zero-order valence-corrected chi connectivity index (χ0v) is 12.6. The van der Waals surface area contributed by atoms with Crippen LogP contribution in [0.15, 0.2) is 15.9 Å². The Labute approximate surface area is 122 Å². The van der Waals surface area contributed by atoms with Gasteiger partial charge in [0.2, 0.25) is 5.91 Å². The molecule has 2 atom stereocenters. The van der Waals surface area contributed by atoms with Gasteiger partial charge in [0, 0.05) is 33.6 Å². The highest BCUT2D eigenvalue weighted by Crippen LogP contribution is 2.46. The Morgan fingerprint density at radius 1 is 1.68 bits per heavy atom. The Morgan fingerprint density at radius 3 is 3.16 bits per heavy atom. The van der Waals surface area contributed by atoms with Gasteiger partial charge in [0.05, 0.1) is 6.54 Å². The zero-order chi connectivity index (χ0) is 13.4. The molecule has 0 aliphatic heterocycles. The number of H-pyrrole nitrogens is 1. The predicted octanol–water partition coefficient (Wildman–Crippen LogP) is 1.79. The van der Waals surface area contributed by atoms with Gasteiger partial charge in [-0.25, -0.2) is 0 Å². The van der Waals surface area contributed by atoms with Crippen LogP contribution in [0.1, 0.15) is 23.0 Å². The molecule has 1 aliphatic carbocycles. The van der Waals surface area contributed by atoms with E-state index in [1.54, 1.807) is 16.2 Å². The minimum absolute atomic E-state index is 0.00556. The fourth-order valence-corrected chi connectivity index (χ4v) is 3.61. The van der Waals surface area contributed by atoms with E-state index in [0.29, 0.717) is 12.4 Å². The Bertz CT molecular complexity index is 584. The van der Waals surface area contributed by atoms with E-state index in [-0.39, 0.29) is 17.7 Å². The second-order valence-electron chi connectivity index (χ2n) is 4.64. The Morgan fingerprint density at radius 2 is 2.53 bits per heavy atom. The van der Waals surface area contributed by atoms with Crippen molar-refractivity contribution in [2.24, 2.45) is 5.92 Å². The summed E-state index contributed by atoms with van der Waals surface area (Å²) in [6, 6.07) is 2.04. The SMILES string of the molecule is CN(Cc1cc(Br)cs1)C(=O)[C@@H]1C[C@H]1c1nn[nH]n1. The second-order valence-corrected chi connectivity index (χ2v) is 6.56. The number of aromatic amines is 1. The summed E-state index contributed by atoms with van der Waals surface area (Å²) in [5.41, 5.74) is 0. The van der Waals surface area contributed by atoms with Gasteiger partial charge in [-0.1, -0.05) is 5.21 Å². The van der Waals surface area contributed by atoms with Crippen LogP contribution in [-0.4, -0.2) is 38.5 Å². The molecule has 0 spiro atoms. The molecular formula is C11H12BrN5OS. The molecule has 0 aromatic carbocycles. The first kappa shape index (κ1) is 12.7. The maximum absolute atomic E-state index is 12.3. The second kappa shape index (κ2) is 5.01. The number of tetrazole rings is 1. The fourth-order valence-electron chi connectivity index (χ4n) is 2.11. The quantitative estimate of drug-likeness (QED) is 0.919. The van der Waals surface area contributed by atoms with Gasteiger partial charge >= 0.3 is 0 Å². The van der Waals surface area contributed by atoms with Crippen molar-refractivity contribution in [2.45, 2.75) is 18.9 Å². The molecule has 6 nitrogen and oxygen atoms in total. The van der Waals surface area contributed by atoms with E-state index in [0.717, 1.165) is 10.9 Å². The number of nitrogens with one attached hydrogen (secondary N) is 1. The number of thiophene rings is 1. The van der Waals surface area contributed by atoms with Crippen LogP contribution >= 0.6 is 27.3 Å². The molecule has 0 unspecified atom stereocenters. The third kappa shape index (κ3) is 2.69. The number of nitrogens with zero attached hydrogens (tertiary/aromatic N) is 4. The molecule has 0 saturated heterocycles. The van der Waals surface area contributed by atoms with Crippen LogP contribution in [0, 0.1) is 5.92 Å². The summed E-state index contributed by atoms with van der Waals surface area (Å²) in [6.07, 6.45) is 0.816. The van der Waals surface area contributed by atoms with Gasteiger partial charge in [0.15, 0.2) is 5.82 Å². The van der Waals surface area contributed by atoms with Crippen LogP contribution in [0.4, 0.5) is 0 Å². The zero-order valence-electron chi connectivity index (χ0n) is 10.2. The van der Waals surface area contributed by atoms with Crippen molar-refractivity contribution in [3.63, 3.8) is 0 Å². The molecule has 8 heteroatoms. The average molecular weight is 342 g/mol. The summed E-state index contributed by atoms with van der Waals surface area (Å²) < 4.78 is 1.06. The number of rotatable bonds is 4. The Kier molecular flexibility index (Phi) is 3.36. The van der Waals surface area contributed by atoms with E-state index in [2.05, 4.69) is 36.6 Å². The molecule has 1 fully saturated rings. The van der Waals surface area contributed by atoms with Crippen LogP contribution < -0.4 is 0 Å². The minimum atomic E-state index is 0.00556. The lowest BCUT2D eigenvalue weighted by Gasteiger charge is -2.15. The van der Waals surface area contributed by atoms with Gasteiger partial charge in [0.25, 0.3) is 0 Å². The largest absolute Gasteiger partial charge is 0.340 e. The van der Waals surface area contributed by atoms with E-state index in [4.69, 9.17) is 0 Å². The third-order valence-electron chi connectivity index (χ3n) is 3.19. The van der Waals surface area contributed by atoms with Gasteiger partial charge in [-0.15, -0.1) is 21.5 Å². The highest BCUT2D eigenvalue weighted by molar-refractivity contribution is 9.10. The first-order chi connectivity index (χ1) is 9.15. The molecule has 19 heavy (non-hydrogen) atoms. The number of carbonyl (C=O) groups is 1. The smallest absolute Gasteiger partial charge is 0.226 e. The van der Waals surface area contributed by atoms with Crippen molar-refractivity contribution in [2.75, 3.05) is 7.05 Å². The molecule has 2 aromatic rings. The van der Waals surface area contributed by atoms with E-state index in [1.807, 2.05) is 18.5 Å². The van der Waals surface area contributed by atoms with Crippen molar-refractivity contribution >= 4 is 33.2 Å². The molecule has 100 valence electrons. The highest BCUT2D eigenvalue weighted by atomic mass is 79.9. The van der Waals surface area contributed by atoms with Crippen molar-refractivity contribution < 1.29 is 4.79 Å². The Hall–Kier alpha value is -1.28. The predicted molar refractivity (Wildman–Crippen MR) is 73.5 cm³/mol. The van der Waals surface area contributed by atoms with E-state index < -0.39 is 0 Å². The molecular weight excluding hydrogens is 330 g/mol. The van der Waals surface area contributed by atoms with Crippen molar-refractivity contribution in [3.05, 3.63) is 26.6 Å². The first-order valence-corrected chi connectivity index (χ1v) is 7.53. The summed E-state index contributed by atoms with van der Waals surface area (Å²) in [5.74, 6) is 0.930. The molecule has 0 radical (unpaired) electrons. The van der Waals surface area contributed by atoms with Crippen LogP contribution in [0.3, 0.4) is 0 Å². The number of hydrogen-bond donors (Lipinski definition) is 1. The maximum atomic E-state index is 12.3. The normalized spacial score (nSPS) is 21.4. The van der Waals surface area contributed by atoms with Crippen LogP contribution in [0.25, 0.3) is 0 Å². The number of carbonyl (C=O) groups excluding carboxylic acids is 1.